The first-order chi connectivity index (χ1) is 9.61. The largest absolute Gasteiger partial charge is 0.489 e. The van der Waals surface area contributed by atoms with Gasteiger partial charge in [-0.05, 0) is 30.5 Å². The molecule has 0 aliphatic carbocycles. The Balaban J connectivity index is 2.09. The van der Waals surface area contributed by atoms with Gasteiger partial charge in [-0.3, -0.25) is 15.0 Å². The summed E-state index contributed by atoms with van der Waals surface area (Å²) in [5, 5.41) is 1.80. The third-order valence-corrected chi connectivity index (χ3v) is 3.67. The fourth-order valence-corrected chi connectivity index (χ4v) is 2.49. The highest BCUT2D eigenvalue weighted by molar-refractivity contribution is 7.12. The molecule has 0 spiro atoms. The van der Waals surface area contributed by atoms with Crippen molar-refractivity contribution in [1.82, 2.24) is 5.43 Å². The second-order valence-corrected chi connectivity index (χ2v) is 5.04. The Morgan fingerprint density at radius 2 is 2.15 bits per heavy atom. The van der Waals surface area contributed by atoms with Crippen molar-refractivity contribution in [2.75, 3.05) is 0 Å². The number of nitrogen functional groups attached to an aromatic ring is 1. The Kier molecular flexibility index (Phi) is 4.49. The lowest BCUT2D eigenvalue weighted by Gasteiger charge is -2.07. The average molecular weight is 290 g/mol. The number of benzene rings is 1. The summed E-state index contributed by atoms with van der Waals surface area (Å²) in [5.41, 5.74) is 3.45. The normalized spacial score (nSPS) is 10.1. The van der Waals surface area contributed by atoms with Crippen LogP contribution in [0, 0.1) is 0 Å². The molecule has 5 nitrogen and oxygen atoms in total. The lowest BCUT2D eigenvalue weighted by molar-refractivity contribution is 0.0954. The third kappa shape index (κ3) is 3.23. The fraction of sp³-hybridized carbons (Fsp3) is 0.143. The zero-order valence-electron chi connectivity index (χ0n) is 10.9. The van der Waals surface area contributed by atoms with Crippen LogP contribution in [0.1, 0.15) is 32.5 Å². The number of carbonyl (C=O) groups excluding carboxylic acids is 2. The number of ether oxygens (including phenoxy) is 1. The van der Waals surface area contributed by atoms with Gasteiger partial charge in [0.15, 0.2) is 5.78 Å². The van der Waals surface area contributed by atoms with Crippen LogP contribution in [0.2, 0.25) is 0 Å². The van der Waals surface area contributed by atoms with E-state index in [1.165, 1.54) is 18.3 Å². The quantitative estimate of drug-likeness (QED) is 0.382. The molecule has 1 aromatic heterocycles. The highest BCUT2D eigenvalue weighted by Gasteiger charge is 2.12. The van der Waals surface area contributed by atoms with Gasteiger partial charge in [-0.2, -0.15) is 0 Å². The topological polar surface area (TPSA) is 81.4 Å². The molecule has 0 unspecified atom stereocenters. The first kappa shape index (κ1) is 14.2. The van der Waals surface area contributed by atoms with Crippen molar-refractivity contribution in [3.63, 3.8) is 0 Å². The zero-order valence-corrected chi connectivity index (χ0v) is 11.7. The van der Waals surface area contributed by atoms with E-state index in [0.717, 1.165) is 5.56 Å². The second-order valence-electron chi connectivity index (χ2n) is 4.12. The van der Waals surface area contributed by atoms with Gasteiger partial charge in [0, 0.05) is 11.1 Å². The van der Waals surface area contributed by atoms with E-state index >= 15 is 0 Å². The molecular formula is C14H14N2O3S. The predicted octanol–water partition coefficient (Wildman–Crippen LogP) is 2.13. The number of ketones is 1. The number of nitrogens with one attached hydrogen (secondary N) is 1. The first-order valence-electron chi connectivity index (χ1n) is 5.93. The van der Waals surface area contributed by atoms with Crippen molar-refractivity contribution in [3.05, 3.63) is 51.7 Å². The molecule has 1 amide bonds. The summed E-state index contributed by atoms with van der Waals surface area (Å²) in [5.74, 6) is 5.35. The number of rotatable bonds is 5. The minimum Gasteiger partial charge on any atom is -0.489 e. The molecular weight excluding hydrogens is 276 g/mol. The van der Waals surface area contributed by atoms with Crippen LogP contribution in [0.4, 0.5) is 0 Å². The number of carbonyl (C=O) groups is 2. The zero-order chi connectivity index (χ0) is 14.5. The standard InChI is InChI=1S/C14H14N2O3S/c1-9(17)10-3-2-4-12(7-10)19-8-11-5-6-20-13(11)14(18)16-15/h2-7H,8,15H2,1H3,(H,16,18). The van der Waals surface area contributed by atoms with Gasteiger partial charge in [0.25, 0.3) is 5.91 Å². The van der Waals surface area contributed by atoms with E-state index in [9.17, 15) is 9.59 Å². The predicted molar refractivity (Wildman–Crippen MR) is 76.8 cm³/mol. The van der Waals surface area contributed by atoms with Crippen LogP contribution in [-0.4, -0.2) is 11.7 Å². The molecule has 2 aromatic rings. The van der Waals surface area contributed by atoms with E-state index in [4.69, 9.17) is 10.6 Å². The number of hydrogen-bond donors (Lipinski definition) is 2. The highest BCUT2D eigenvalue weighted by Crippen LogP contribution is 2.20. The van der Waals surface area contributed by atoms with Crippen LogP contribution in [0.5, 0.6) is 5.75 Å². The summed E-state index contributed by atoms with van der Waals surface area (Å²) in [6, 6.07) is 8.74. The summed E-state index contributed by atoms with van der Waals surface area (Å²) in [7, 11) is 0. The summed E-state index contributed by atoms with van der Waals surface area (Å²) in [6.07, 6.45) is 0. The van der Waals surface area contributed by atoms with Gasteiger partial charge in [-0.15, -0.1) is 11.3 Å². The third-order valence-electron chi connectivity index (χ3n) is 2.72. The Morgan fingerprint density at radius 3 is 2.85 bits per heavy atom. The van der Waals surface area contributed by atoms with Crippen LogP contribution in [-0.2, 0) is 6.61 Å². The van der Waals surface area contributed by atoms with E-state index in [1.807, 2.05) is 6.07 Å². The Morgan fingerprint density at radius 1 is 1.35 bits per heavy atom. The molecule has 0 atom stereocenters. The number of thiophene rings is 1. The number of hydrogen-bond acceptors (Lipinski definition) is 5. The summed E-state index contributed by atoms with van der Waals surface area (Å²) in [6.45, 7) is 1.75. The SMILES string of the molecule is CC(=O)c1cccc(OCc2ccsc2C(=O)NN)c1. The van der Waals surface area contributed by atoms with Crippen molar-refractivity contribution < 1.29 is 14.3 Å². The second kappa shape index (κ2) is 6.31. The van der Waals surface area contributed by atoms with Gasteiger partial charge < -0.3 is 4.74 Å². The van der Waals surface area contributed by atoms with E-state index in [0.29, 0.717) is 16.2 Å². The van der Waals surface area contributed by atoms with E-state index in [-0.39, 0.29) is 18.3 Å². The molecule has 3 N–H and O–H groups in total. The lowest BCUT2D eigenvalue weighted by atomic mass is 10.1. The monoisotopic (exact) mass is 290 g/mol. The van der Waals surface area contributed by atoms with Crippen molar-refractivity contribution in [3.8, 4) is 5.75 Å². The number of Topliss-reactive ketones (excluding diaryl/α,β-unsaturated/α-hetero) is 1. The number of hydrazine groups is 1. The molecule has 1 aromatic carbocycles. The van der Waals surface area contributed by atoms with Crippen molar-refractivity contribution in [2.45, 2.75) is 13.5 Å². The Bertz CT molecular complexity index is 637. The average Bonchev–Trinajstić information content (AvgIpc) is 2.93. The summed E-state index contributed by atoms with van der Waals surface area (Å²) >= 11 is 1.30. The maximum absolute atomic E-state index is 11.5. The molecule has 0 aliphatic rings. The maximum atomic E-state index is 11.5. The van der Waals surface area contributed by atoms with Crippen LogP contribution in [0.25, 0.3) is 0 Å². The first-order valence-corrected chi connectivity index (χ1v) is 6.81. The highest BCUT2D eigenvalue weighted by atomic mass is 32.1. The molecule has 20 heavy (non-hydrogen) atoms. The molecule has 6 heteroatoms. The molecule has 104 valence electrons. The van der Waals surface area contributed by atoms with E-state index in [2.05, 4.69) is 5.43 Å². The van der Waals surface area contributed by atoms with Gasteiger partial charge in [0.2, 0.25) is 0 Å². The molecule has 0 bridgehead atoms. The van der Waals surface area contributed by atoms with Gasteiger partial charge in [-0.1, -0.05) is 12.1 Å². The molecule has 1 heterocycles. The van der Waals surface area contributed by atoms with Crippen LogP contribution in [0.3, 0.4) is 0 Å². The van der Waals surface area contributed by atoms with Crippen molar-refractivity contribution in [2.24, 2.45) is 5.84 Å². The fourth-order valence-electron chi connectivity index (χ4n) is 1.68. The smallest absolute Gasteiger partial charge is 0.275 e. The number of amides is 1. The van der Waals surface area contributed by atoms with Crippen molar-refractivity contribution in [1.29, 1.82) is 0 Å². The summed E-state index contributed by atoms with van der Waals surface area (Å²) in [4.78, 5) is 23.3. The number of nitrogens with two attached hydrogens (primary N) is 1. The Hall–Kier alpha value is -2.18. The van der Waals surface area contributed by atoms with Gasteiger partial charge >= 0.3 is 0 Å². The van der Waals surface area contributed by atoms with Crippen LogP contribution in [0.15, 0.2) is 35.7 Å². The minimum absolute atomic E-state index is 0.0193. The van der Waals surface area contributed by atoms with E-state index < -0.39 is 0 Å². The van der Waals surface area contributed by atoms with Crippen LogP contribution < -0.4 is 16.0 Å². The van der Waals surface area contributed by atoms with Gasteiger partial charge in [0.1, 0.15) is 12.4 Å². The van der Waals surface area contributed by atoms with E-state index in [1.54, 1.807) is 29.6 Å². The lowest BCUT2D eigenvalue weighted by Crippen LogP contribution is -2.30. The molecule has 0 fully saturated rings. The molecule has 0 saturated heterocycles. The molecule has 2 rings (SSSR count). The van der Waals surface area contributed by atoms with Gasteiger partial charge in [0.05, 0.1) is 4.88 Å². The molecule has 0 radical (unpaired) electrons. The molecule has 0 saturated carbocycles. The summed E-state index contributed by atoms with van der Waals surface area (Å²) < 4.78 is 5.61. The Labute approximate surface area is 120 Å². The maximum Gasteiger partial charge on any atom is 0.275 e. The van der Waals surface area contributed by atoms with Crippen molar-refractivity contribution >= 4 is 23.0 Å². The molecule has 0 aliphatic heterocycles. The van der Waals surface area contributed by atoms with Gasteiger partial charge in [-0.25, -0.2) is 5.84 Å². The van der Waals surface area contributed by atoms with Crippen LogP contribution >= 0.6 is 11.3 Å². The minimum atomic E-state index is -0.337.